The predicted molar refractivity (Wildman–Crippen MR) is 366 cm³/mol. The van der Waals surface area contributed by atoms with Crippen molar-refractivity contribution in [2.24, 2.45) is 0 Å². The average Bonchev–Trinajstić information content (AvgIpc) is 3.16. The number of unbranched alkanes of at least 4 members (excludes halogenated alkanes) is 46. The summed E-state index contributed by atoms with van der Waals surface area (Å²) < 4.78 is 16.7. The van der Waals surface area contributed by atoms with Crippen LogP contribution in [0.25, 0.3) is 0 Å². The molecular formula is C76H141NO10. The van der Waals surface area contributed by atoms with Crippen molar-refractivity contribution in [1.29, 1.82) is 0 Å². The summed E-state index contributed by atoms with van der Waals surface area (Å²) in [6, 6.07) is -0.833. The van der Waals surface area contributed by atoms with Gasteiger partial charge in [-0.15, -0.1) is 0 Å². The molecule has 6 N–H and O–H groups in total. The van der Waals surface area contributed by atoms with E-state index in [1.54, 1.807) is 6.08 Å². The van der Waals surface area contributed by atoms with Gasteiger partial charge in [-0.1, -0.05) is 313 Å². The third-order valence-electron chi connectivity index (χ3n) is 17.6. The first kappa shape index (κ1) is 82.6. The van der Waals surface area contributed by atoms with Gasteiger partial charge >= 0.3 is 5.97 Å². The standard InChI is InChI=1S/C76H141NO10/c1-3-5-7-9-11-13-15-16-36-39-43-46-50-54-58-62-69(79)68(67-86-76-75(84)74(83)73(82)70(66-78)87-76)77-71(80)63-59-55-51-47-44-40-37-34-32-30-28-26-24-22-20-18-17-19-21-23-25-27-29-31-33-35-38-41-45-49-53-57-61-65-85-72(81)64-60-56-52-48-42-14-12-10-8-6-4-2/h15-16,21,23,43,46,58,62,68-70,73-76,78-79,82-84H,3-14,17-20,22,24-42,44-45,47-57,59-61,63-67H2,1-2H3,(H,77,80)/b16-15+,23-21-,46-43+,62-58+. The number of ether oxygens (including phenoxy) is 3. The van der Waals surface area contributed by atoms with E-state index in [0.29, 0.717) is 19.4 Å². The molecule has 0 aromatic carbocycles. The maximum Gasteiger partial charge on any atom is 0.305 e. The van der Waals surface area contributed by atoms with E-state index in [2.05, 4.69) is 55.6 Å². The third kappa shape index (κ3) is 53.9. The smallest absolute Gasteiger partial charge is 0.305 e. The Bertz CT molecular complexity index is 1580. The zero-order chi connectivity index (χ0) is 63.0. The van der Waals surface area contributed by atoms with Gasteiger partial charge in [0.25, 0.3) is 0 Å². The minimum absolute atomic E-state index is 0.0110. The normalized spacial score (nSPS) is 18.1. The molecule has 1 saturated heterocycles. The zero-order valence-electron chi connectivity index (χ0n) is 56.7. The molecule has 7 atom stereocenters. The van der Waals surface area contributed by atoms with Crippen LogP contribution in [0.1, 0.15) is 361 Å². The molecule has 1 amide bonds. The fourth-order valence-electron chi connectivity index (χ4n) is 11.8. The maximum atomic E-state index is 13.1. The second kappa shape index (κ2) is 65.1. The van der Waals surface area contributed by atoms with Crippen LogP contribution in [-0.4, -0.2) is 100 Å². The van der Waals surface area contributed by atoms with E-state index in [1.807, 2.05) is 6.08 Å². The van der Waals surface area contributed by atoms with Crippen molar-refractivity contribution in [3.63, 3.8) is 0 Å². The molecule has 11 nitrogen and oxygen atoms in total. The number of nitrogens with one attached hydrogen (secondary N) is 1. The molecule has 0 bridgehead atoms. The van der Waals surface area contributed by atoms with E-state index in [4.69, 9.17) is 14.2 Å². The molecule has 1 rings (SSSR count). The molecule has 0 aliphatic carbocycles. The van der Waals surface area contributed by atoms with Gasteiger partial charge in [0.15, 0.2) is 6.29 Å². The molecule has 1 heterocycles. The highest BCUT2D eigenvalue weighted by Gasteiger charge is 2.44. The van der Waals surface area contributed by atoms with Crippen LogP contribution in [0, 0.1) is 0 Å². The summed E-state index contributed by atoms with van der Waals surface area (Å²) in [6.07, 6.45) is 75.4. The van der Waals surface area contributed by atoms with Gasteiger partial charge < -0.3 is 45.1 Å². The van der Waals surface area contributed by atoms with Gasteiger partial charge in [0.1, 0.15) is 24.4 Å². The van der Waals surface area contributed by atoms with Crippen molar-refractivity contribution in [3.05, 3.63) is 48.6 Å². The first-order valence-corrected chi connectivity index (χ1v) is 37.4. The van der Waals surface area contributed by atoms with E-state index in [-0.39, 0.29) is 18.5 Å². The molecular weight excluding hydrogens is 1090 g/mol. The number of aliphatic hydroxyl groups is 5. The molecule has 0 radical (unpaired) electrons. The summed E-state index contributed by atoms with van der Waals surface area (Å²) in [4.78, 5) is 25.1. The number of esters is 1. The van der Waals surface area contributed by atoms with Gasteiger partial charge in [-0.05, 0) is 83.5 Å². The topological polar surface area (TPSA) is 175 Å². The number of amides is 1. The van der Waals surface area contributed by atoms with E-state index < -0.39 is 49.5 Å². The van der Waals surface area contributed by atoms with Crippen LogP contribution in [0.15, 0.2) is 48.6 Å². The van der Waals surface area contributed by atoms with Crippen LogP contribution in [0.5, 0.6) is 0 Å². The molecule has 87 heavy (non-hydrogen) atoms. The van der Waals surface area contributed by atoms with E-state index in [0.717, 1.165) is 64.2 Å². The highest BCUT2D eigenvalue weighted by atomic mass is 16.7. The first-order valence-electron chi connectivity index (χ1n) is 37.4. The third-order valence-corrected chi connectivity index (χ3v) is 17.6. The number of hydrogen-bond acceptors (Lipinski definition) is 10. The quantitative estimate of drug-likeness (QED) is 0.0195. The van der Waals surface area contributed by atoms with Crippen molar-refractivity contribution in [2.75, 3.05) is 19.8 Å². The van der Waals surface area contributed by atoms with Crippen molar-refractivity contribution in [2.45, 2.75) is 403 Å². The molecule has 0 saturated carbocycles. The number of hydrogen-bond donors (Lipinski definition) is 6. The highest BCUT2D eigenvalue weighted by molar-refractivity contribution is 5.76. The summed E-state index contributed by atoms with van der Waals surface area (Å²) in [6.45, 7) is 4.34. The fraction of sp³-hybridized carbons (Fsp3) is 0.868. The number of carbonyl (C=O) groups excluding carboxylic acids is 2. The van der Waals surface area contributed by atoms with Crippen molar-refractivity contribution < 1.29 is 49.3 Å². The molecule has 1 fully saturated rings. The van der Waals surface area contributed by atoms with E-state index in [1.165, 1.54) is 270 Å². The lowest BCUT2D eigenvalue weighted by Crippen LogP contribution is -2.60. The van der Waals surface area contributed by atoms with E-state index in [9.17, 15) is 35.1 Å². The van der Waals surface area contributed by atoms with Gasteiger partial charge in [0.05, 0.1) is 32.0 Å². The number of carbonyl (C=O) groups is 2. The number of rotatable bonds is 66. The minimum Gasteiger partial charge on any atom is -0.466 e. The van der Waals surface area contributed by atoms with Crippen LogP contribution in [0.2, 0.25) is 0 Å². The number of allylic oxidation sites excluding steroid dienone is 7. The SMILES string of the molecule is CCCCCCC/C=C/CC/C=C/CC/C=C/C(O)C(COC1OC(CO)C(O)C(O)C1O)NC(=O)CCCCCCCCCCCCCCCCCCC/C=C\CCCCCCCCCCCCCCOC(=O)CCCCCCCCCCCCC. The van der Waals surface area contributed by atoms with Gasteiger partial charge in [-0.25, -0.2) is 0 Å². The summed E-state index contributed by atoms with van der Waals surface area (Å²) in [5, 5.41) is 54.5. The lowest BCUT2D eigenvalue weighted by molar-refractivity contribution is -0.302. The Balaban J connectivity index is 1.97. The molecule has 0 spiro atoms. The Hall–Kier alpha value is -2.38. The molecule has 7 unspecified atom stereocenters. The van der Waals surface area contributed by atoms with Crippen molar-refractivity contribution in [1.82, 2.24) is 5.32 Å². The van der Waals surface area contributed by atoms with Gasteiger partial charge in [-0.2, -0.15) is 0 Å². The summed E-state index contributed by atoms with van der Waals surface area (Å²) >= 11 is 0. The molecule has 1 aliphatic rings. The van der Waals surface area contributed by atoms with Crippen LogP contribution >= 0.6 is 0 Å². The Morgan fingerprint density at radius 1 is 0.414 bits per heavy atom. The average molecular weight is 1230 g/mol. The molecule has 0 aromatic heterocycles. The van der Waals surface area contributed by atoms with Gasteiger partial charge in [0.2, 0.25) is 5.91 Å². The lowest BCUT2D eigenvalue weighted by atomic mass is 9.99. The summed E-state index contributed by atoms with van der Waals surface area (Å²) in [5.74, 6) is -0.181. The molecule has 1 aliphatic heterocycles. The zero-order valence-corrected chi connectivity index (χ0v) is 56.7. The Kier molecular flexibility index (Phi) is 61.9. The Morgan fingerprint density at radius 2 is 0.747 bits per heavy atom. The second-order valence-electron chi connectivity index (χ2n) is 26.0. The molecule has 510 valence electrons. The monoisotopic (exact) mass is 1230 g/mol. The highest BCUT2D eigenvalue weighted by Crippen LogP contribution is 2.23. The van der Waals surface area contributed by atoms with Crippen LogP contribution in [0.4, 0.5) is 0 Å². The molecule has 11 heteroatoms. The van der Waals surface area contributed by atoms with Crippen LogP contribution < -0.4 is 5.32 Å². The van der Waals surface area contributed by atoms with Crippen molar-refractivity contribution in [3.8, 4) is 0 Å². The molecule has 0 aromatic rings. The van der Waals surface area contributed by atoms with Gasteiger partial charge in [-0.3, -0.25) is 9.59 Å². The van der Waals surface area contributed by atoms with Crippen molar-refractivity contribution >= 4 is 11.9 Å². The van der Waals surface area contributed by atoms with E-state index >= 15 is 0 Å². The number of aliphatic hydroxyl groups excluding tert-OH is 5. The predicted octanol–water partition coefficient (Wildman–Crippen LogP) is 19.5. The largest absolute Gasteiger partial charge is 0.466 e. The second-order valence-corrected chi connectivity index (χ2v) is 26.0. The Morgan fingerprint density at radius 3 is 1.14 bits per heavy atom. The Labute approximate surface area is 536 Å². The maximum absolute atomic E-state index is 13.1. The fourth-order valence-corrected chi connectivity index (χ4v) is 11.8. The first-order chi connectivity index (χ1) is 42.7. The minimum atomic E-state index is -1.58. The summed E-state index contributed by atoms with van der Waals surface area (Å²) in [5.41, 5.74) is 0. The summed E-state index contributed by atoms with van der Waals surface area (Å²) in [7, 11) is 0. The van der Waals surface area contributed by atoms with Crippen LogP contribution in [-0.2, 0) is 23.8 Å². The lowest BCUT2D eigenvalue weighted by Gasteiger charge is -2.40. The van der Waals surface area contributed by atoms with Crippen LogP contribution in [0.3, 0.4) is 0 Å². The van der Waals surface area contributed by atoms with Gasteiger partial charge in [0, 0.05) is 12.8 Å².